The Morgan fingerprint density at radius 1 is 1.28 bits per heavy atom. The van der Waals surface area contributed by atoms with Gasteiger partial charge >= 0.3 is 0 Å². The van der Waals surface area contributed by atoms with Crippen LogP contribution >= 0.6 is 11.3 Å². The number of nitrogens with zero attached hydrogens (tertiary/aromatic N) is 2. The van der Waals surface area contributed by atoms with Gasteiger partial charge in [0.25, 0.3) is 0 Å². The number of rotatable bonds is 7. The van der Waals surface area contributed by atoms with Crippen LogP contribution in [0.4, 0.5) is 0 Å². The molecule has 1 aromatic heterocycles. The number of benzene rings is 1. The van der Waals surface area contributed by atoms with E-state index in [2.05, 4.69) is 65.1 Å². The molecular formula is C19H28N4OS. The van der Waals surface area contributed by atoms with Gasteiger partial charge in [0.2, 0.25) is 0 Å². The first-order valence-electron chi connectivity index (χ1n) is 8.33. The van der Waals surface area contributed by atoms with E-state index in [0.717, 1.165) is 24.8 Å². The van der Waals surface area contributed by atoms with E-state index in [-0.39, 0.29) is 6.04 Å². The van der Waals surface area contributed by atoms with Crippen LogP contribution in [0, 0.1) is 6.92 Å². The van der Waals surface area contributed by atoms with Crippen LogP contribution in [0.1, 0.15) is 22.0 Å². The molecule has 2 rings (SSSR count). The summed E-state index contributed by atoms with van der Waals surface area (Å²) in [6.07, 6.45) is 0. The van der Waals surface area contributed by atoms with E-state index in [4.69, 9.17) is 4.74 Å². The highest BCUT2D eigenvalue weighted by Gasteiger charge is 2.15. The lowest BCUT2D eigenvalue weighted by molar-refractivity contribution is 0.297. The second-order valence-corrected chi connectivity index (χ2v) is 7.09. The van der Waals surface area contributed by atoms with Crippen molar-refractivity contribution in [1.29, 1.82) is 0 Å². The molecule has 5 nitrogen and oxygen atoms in total. The fourth-order valence-corrected chi connectivity index (χ4v) is 3.46. The Morgan fingerprint density at radius 2 is 2.08 bits per heavy atom. The average molecular weight is 361 g/mol. The van der Waals surface area contributed by atoms with Crippen LogP contribution in [0.2, 0.25) is 0 Å². The molecule has 0 aliphatic heterocycles. The number of ether oxygens (including phenoxy) is 1. The second-order valence-electron chi connectivity index (χ2n) is 6.09. The average Bonchev–Trinajstić information content (AvgIpc) is 3.02. The van der Waals surface area contributed by atoms with Crippen molar-refractivity contribution in [2.24, 2.45) is 4.99 Å². The number of nitrogens with one attached hydrogen (secondary N) is 2. The molecular weight excluding hydrogens is 332 g/mol. The van der Waals surface area contributed by atoms with Crippen molar-refractivity contribution in [3.8, 4) is 5.75 Å². The van der Waals surface area contributed by atoms with E-state index < -0.39 is 0 Å². The molecule has 0 bridgehead atoms. The van der Waals surface area contributed by atoms with Gasteiger partial charge in [0.05, 0.1) is 19.7 Å². The number of aliphatic imine (C=N–C) groups is 1. The summed E-state index contributed by atoms with van der Waals surface area (Å²) in [6, 6.07) is 10.6. The van der Waals surface area contributed by atoms with Crippen molar-refractivity contribution < 1.29 is 4.74 Å². The molecule has 0 spiro atoms. The first kappa shape index (κ1) is 19.3. The zero-order valence-electron chi connectivity index (χ0n) is 15.7. The maximum atomic E-state index is 5.35. The summed E-state index contributed by atoms with van der Waals surface area (Å²) in [6.45, 7) is 3.67. The van der Waals surface area contributed by atoms with E-state index in [0.29, 0.717) is 0 Å². The maximum absolute atomic E-state index is 5.35. The van der Waals surface area contributed by atoms with Crippen LogP contribution in [0.5, 0.6) is 5.75 Å². The van der Waals surface area contributed by atoms with Gasteiger partial charge in [-0.2, -0.15) is 0 Å². The highest BCUT2D eigenvalue weighted by atomic mass is 32.1. The van der Waals surface area contributed by atoms with Crippen molar-refractivity contribution in [2.45, 2.75) is 19.5 Å². The molecule has 0 aliphatic rings. The number of thiophene rings is 1. The highest BCUT2D eigenvalue weighted by Crippen LogP contribution is 2.22. The van der Waals surface area contributed by atoms with Crippen LogP contribution < -0.4 is 15.4 Å². The molecule has 0 saturated carbocycles. The van der Waals surface area contributed by atoms with Gasteiger partial charge in [-0.05, 0) is 55.7 Å². The van der Waals surface area contributed by atoms with Gasteiger partial charge in [0, 0.05) is 18.5 Å². The fraction of sp³-hybridized carbons (Fsp3) is 0.421. The Kier molecular flexibility index (Phi) is 7.28. The minimum atomic E-state index is 0.220. The van der Waals surface area contributed by atoms with E-state index in [1.54, 1.807) is 25.5 Å². The molecule has 136 valence electrons. The fourth-order valence-electron chi connectivity index (χ4n) is 2.61. The zero-order chi connectivity index (χ0) is 18.2. The molecule has 2 aromatic rings. The summed E-state index contributed by atoms with van der Waals surface area (Å²) < 4.78 is 5.35. The van der Waals surface area contributed by atoms with Crippen molar-refractivity contribution in [2.75, 3.05) is 34.8 Å². The lowest BCUT2D eigenvalue weighted by atomic mass is 10.1. The van der Waals surface area contributed by atoms with Gasteiger partial charge in [0.15, 0.2) is 5.96 Å². The largest absolute Gasteiger partial charge is 0.497 e. The molecule has 1 atom stereocenters. The summed E-state index contributed by atoms with van der Waals surface area (Å²) in [4.78, 5) is 7.86. The highest BCUT2D eigenvalue weighted by molar-refractivity contribution is 7.10. The molecule has 0 fully saturated rings. The van der Waals surface area contributed by atoms with Gasteiger partial charge in [-0.25, -0.2) is 0 Å². The molecule has 1 aromatic carbocycles. The molecule has 1 unspecified atom stereocenters. The number of aryl methyl sites for hydroxylation is 1. The number of guanidine groups is 1. The van der Waals surface area contributed by atoms with Crippen LogP contribution in [0.3, 0.4) is 0 Å². The topological polar surface area (TPSA) is 48.9 Å². The molecule has 1 heterocycles. The normalized spacial score (nSPS) is 13.0. The standard InChI is InChI=1S/C19H28N4OS/c1-14-9-10-25-18(14)13-22-19(20-2)21-12-17(23(3)4)15-7-6-8-16(11-15)24-5/h6-11,17H,12-13H2,1-5H3,(H2,20,21,22). The maximum Gasteiger partial charge on any atom is 0.191 e. The lowest BCUT2D eigenvalue weighted by Gasteiger charge is -2.26. The predicted octanol–water partition coefficient (Wildman–Crippen LogP) is 3.03. The molecule has 2 N–H and O–H groups in total. The van der Waals surface area contributed by atoms with Crippen molar-refractivity contribution in [3.63, 3.8) is 0 Å². The molecule has 0 aliphatic carbocycles. The summed E-state index contributed by atoms with van der Waals surface area (Å²) in [5.41, 5.74) is 2.52. The predicted molar refractivity (Wildman–Crippen MR) is 107 cm³/mol. The van der Waals surface area contributed by atoms with Gasteiger partial charge in [-0.3, -0.25) is 4.99 Å². The van der Waals surface area contributed by atoms with Gasteiger partial charge in [-0.1, -0.05) is 12.1 Å². The number of hydrogen-bond acceptors (Lipinski definition) is 4. The summed E-state index contributed by atoms with van der Waals surface area (Å²) in [5, 5.41) is 8.94. The van der Waals surface area contributed by atoms with E-state index >= 15 is 0 Å². The van der Waals surface area contributed by atoms with Crippen LogP contribution in [-0.2, 0) is 6.54 Å². The van der Waals surface area contributed by atoms with E-state index in [1.165, 1.54) is 16.0 Å². The molecule has 0 amide bonds. The molecule has 0 radical (unpaired) electrons. The summed E-state index contributed by atoms with van der Waals surface area (Å²) in [7, 11) is 7.65. The SMILES string of the molecule is CN=C(NCc1sccc1C)NCC(c1cccc(OC)c1)N(C)C. The number of likely N-dealkylation sites (N-methyl/N-ethyl adjacent to an activating group) is 1. The Balaban J connectivity index is 1.97. The Labute approximate surface area is 154 Å². The molecule has 6 heteroatoms. The number of methoxy groups -OCH3 is 1. The minimum absolute atomic E-state index is 0.220. The van der Waals surface area contributed by atoms with Crippen LogP contribution in [0.25, 0.3) is 0 Å². The van der Waals surface area contributed by atoms with Gasteiger partial charge in [-0.15, -0.1) is 11.3 Å². The zero-order valence-corrected chi connectivity index (χ0v) is 16.5. The Bertz CT molecular complexity index is 696. The summed E-state index contributed by atoms with van der Waals surface area (Å²) >= 11 is 1.76. The van der Waals surface area contributed by atoms with Crippen molar-refractivity contribution in [1.82, 2.24) is 15.5 Å². The summed E-state index contributed by atoms with van der Waals surface area (Å²) in [5.74, 6) is 1.68. The smallest absolute Gasteiger partial charge is 0.191 e. The number of hydrogen-bond donors (Lipinski definition) is 2. The van der Waals surface area contributed by atoms with Crippen LogP contribution in [0.15, 0.2) is 40.7 Å². The minimum Gasteiger partial charge on any atom is -0.497 e. The Hall–Kier alpha value is -2.05. The first-order valence-corrected chi connectivity index (χ1v) is 9.21. The van der Waals surface area contributed by atoms with Gasteiger partial charge < -0.3 is 20.3 Å². The quantitative estimate of drug-likeness (QED) is 0.589. The van der Waals surface area contributed by atoms with E-state index in [9.17, 15) is 0 Å². The third-order valence-electron chi connectivity index (χ3n) is 4.17. The third-order valence-corrected chi connectivity index (χ3v) is 5.20. The van der Waals surface area contributed by atoms with Crippen molar-refractivity contribution in [3.05, 3.63) is 51.7 Å². The molecule has 0 saturated heterocycles. The monoisotopic (exact) mass is 360 g/mol. The Morgan fingerprint density at radius 3 is 2.68 bits per heavy atom. The lowest BCUT2D eigenvalue weighted by Crippen LogP contribution is -2.41. The second kappa shape index (κ2) is 9.44. The van der Waals surface area contributed by atoms with Crippen LogP contribution in [-0.4, -0.2) is 45.7 Å². The van der Waals surface area contributed by atoms with Crippen molar-refractivity contribution >= 4 is 17.3 Å². The first-order chi connectivity index (χ1) is 12.0. The molecule has 25 heavy (non-hydrogen) atoms. The van der Waals surface area contributed by atoms with Gasteiger partial charge in [0.1, 0.15) is 5.75 Å². The van der Waals surface area contributed by atoms with E-state index in [1.807, 2.05) is 12.1 Å². The third kappa shape index (κ3) is 5.47.